The maximum Gasteiger partial charge on any atom is 0.306 e. The van der Waals surface area contributed by atoms with Gasteiger partial charge in [-0.1, -0.05) is 35.5 Å². The quantitative estimate of drug-likeness (QED) is 0.436. The van der Waals surface area contributed by atoms with Crippen molar-refractivity contribution in [3.8, 4) is 22.8 Å². The van der Waals surface area contributed by atoms with Crippen LogP contribution in [0, 0.1) is 0 Å². The topological polar surface area (TPSA) is 78.6 Å². The monoisotopic (exact) mass is 363 g/mol. The number of hydrogen-bond donors (Lipinski definition) is 0. The molecule has 4 aromatic rings. The molecular formula is C21H17NO5. The molecule has 6 heteroatoms. The molecule has 0 N–H and O–H groups in total. The van der Waals surface area contributed by atoms with Gasteiger partial charge in [-0.05, 0) is 24.3 Å². The second kappa shape index (κ2) is 7.78. The molecule has 0 aliphatic rings. The molecule has 0 radical (unpaired) electrons. The number of furan rings is 2. The number of hydrogen-bond acceptors (Lipinski definition) is 6. The van der Waals surface area contributed by atoms with E-state index in [1.54, 1.807) is 24.5 Å². The first-order chi connectivity index (χ1) is 13.3. The zero-order valence-corrected chi connectivity index (χ0v) is 14.5. The summed E-state index contributed by atoms with van der Waals surface area (Å²) in [4.78, 5) is 12.0. The summed E-state index contributed by atoms with van der Waals surface area (Å²) in [6, 6.07) is 18.8. The summed E-state index contributed by atoms with van der Waals surface area (Å²) < 4.78 is 21.4. The van der Waals surface area contributed by atoms with Crippen molar-refractivity contribution in [2.75, 3.05) is 0 Å². The molecule has 0 amide bonds. The largest absolute Gasteiger partial charge is 0.461 e. The van der Waals surface area contributed by atoms with E-state index < -0.39 is 0 Å². The van der Waals surface area contributed by atoms with Gasteiger partial charge in [0.1, 0.15) is 23.8 Å². The van der Waals surface area contributed by atoms with Gasteiger partial charge < -0.3 is 18.1 Å². The number of nitrogens with zero attached hydrogens (tertiary/aromatic N) is 1. The second-order valence-corrected chi connectivity index (χ2v) is 5.95. The Labute approximate surface area is 155 Å². The van der Waals surface area contributed by atoms with Crippen LogP contribution in [0.3, 0.4) is 0 Å². The zero-order chi connectivity index (χ0) is 18.5. The third kappa shape index (κ3) is 4.17. The van der Waals surface area contributed by atoms with Crippen molar-refractivity contribution in [3.63, 3.8) is 0 Å². The van der Waals surface area contributed by atoms with Gasteiger partial charge in [-0.15, -0.1) is 0 Å². The molecule has 0 fully saturated rings. The van der Waals surface area contributed by atoms with Crippen LogP contribution >= 0.6 is 0 Å². The van der Waals surface area contributed by atoms with Gasteiger partial charge in [-0.2, -0.15) is 0 Å². The number of benzene rings is 1. The summed E-state index contributed by atoms with van der Waals surface area (Å²) in [5.74, 6) is 2.27. The zero-order valence-electron chi connectivity index (χ0n) is 14.5. The number of carbonyl (C=O) groups is 1. The average Bonchev–Trinajstić information content (AvgIpc) is 3.47. The Balaban J connectivity index is 1.26. The summed E-state index contributed by atoms with van der Waals surface area (Å²) >= 11 is 0. The first-order valence-electron chi connectivity index (χ1n) is 8.57. The van der Waals surface area contributed by atoms with E-state index >= 15 is 0 Å². The van der Waals surface area contributed by atoms with Crippen LogP contribution in [0.15, 0.2) is 80.3 Å². The van der Waals surface area contributed by atoms with E-state index in [0.29, 0.717) is 23.6 Å². The van der Waals surface area contributed by atoms with Gasteiger partial charge in [0.05, 0.1) is 12.7 Å². The first-order valence-corrected chi connectivity index (χ1v) is 8.57. The molecule has 136 valence electrons. The van der Waals surface area contributed by atoms with Crippen LogP contribution in [0.1, 0.15) is 17.9 Å². The van der Waals surface area contributed by atoms with Crippen molar-refractivity contribution in [3.05, 3.63) is 78.4 Å². The Bertz CT molecular complexity index is 998. The van der Waals surface area contributed by atoms with E-state index in [1.165, 1.54) is 0 Å². The number of aryl methyl sites for hydroxylation is 1. The highest BCUT2D eigenvalue weighted by Crippen LogP contribution is 2.23. The Hall–Kier alpha value is -3.54. The molecule has 6 nitrogen and oxygen atoms in total. The van der Waals surface area contributed by atoms with Crippen molar-refractivity contribution in [1.82, 2.24) is 5.16 Å². The molecule has 0 spiro atoms. The maximum absolute atomic E-state index is 12.0. The third-order valence-electron chi connectivity index (χ3n) is 4.00. The number of aromatic nitrogens is 1. The van der Waals surface area contributed by atoms with E-state index in [9.17, 15) is 4.79 Å². The van der Waals surface area contributed by atoms with Crippen LogP contribution in [0.2, 0.25) is 0 Å². The lowest BCUT2D eigenvalue weighted by Crippen LogP contribution is -2.05. The second-order valence-electron chi connectivity index (χ2n) is 5.95. The number of carbonyl (C=O) groups excluding carboxylic acids is 1. The number of rotatable bonds is 7. The van der Waals surface area contributed by atoms with Crippen LogP contribution in [-0.2, 0) is 22.6 Å². The first kappa shape index (κ1) is 16.9. The average molecular weight is 363 g/mol. The van der Waals surface area contributed by atoms with E-state index in [0.717, 1.165) is 17.1 Å². The lowest BCUT2D eigenvalue weighted by Gasteiger charge is -2.01. The number of esters is 1. The lowest BCUT2D eigenvalue weighted by atomic mass is 10.2. The molecule has 0 saturated carbocycles. The van der Waals surface area contributed by atoms with Crippen molar-refractivity contribution in [1.29, 1.82) is 0 Å². The number of ether oxygens (including phenoxy) is 1. The third-order valence-corrected chi connectivity index (χ3v) is 4.00. The molecule has 0 aliphatic heterocycles. The molecule has 27 heavy (non-hydrogen) atoms. The fourth-order valence-corrected chi connectivity index (χ4v) is 2.64. The maximum atomic E-state index is 12.0. The smallest absolute Gasteiger partial charge is 0.306 e. The molecule has 4 rings (SSSR count). The van der Waals surface area contributed by atoms with Gasteiger partial charge in [-0.25, -0.2) is 0 Å². The molecule has 0 aliphatic carbocycles. The van der Waals surface area contributed by atoms with Crippen LogP contribution in [0.25, 0.3) is 22.8 Å². The van der Waals surface area contributed by atoms with Crippen molar-refractivity contribution < 1.29 is 22.9 Å². The molecule has 0 atom stereocenters. The lowest BCUT2D eigenvalue weighted by molar-refractivity contribution is -0.145. The fourth-order valence-electron chi connectivity index (χ4n) is 2.64. The Morgan fingerprint density at radius 2 is 1.85 bits per heavy atom. The molecule has 3 aromatic heterocycles. The Kier molecular flexibility index (Phi) is 4.87. The summed E-state index contributed by atoms with van der Waals surface area (Å²) in [5.41, 5.74) is 1.53. The highest BCUT2D eigenvalue weighted by atomic mass is 16.5. The van der Waals surface area contributed by atoms with Crippen LogP contribution in [0.4, 0.5) is 0 Å². The van der Waals surface area contributed by atoms with Gasteiger partial charge in [0, 0.05) is 18.1 Å². The van der Waals surface area contributed by atoms with Gasteiger partial charge in [-0.3, -0.25) is 4.79 Å². The van der Waals surface area contributed by atoms with E-state index in [1.807, 2.05) is 42.5 Å². The molecule has 0 saturated heterocycles. The van der Waals surface area contributed by atoms with Crippen LogP contribution in [-0.4, -0.2) is 11.1 Å². The summed E-state index contributed by atoms with van der Waals surface area (Å²) in [5, 5.41) is 3.87. The van der Waals surface area contributed by atoms with E-state index in [4.69, 9.17) is 18.1 Å². The van der Waals surface area contributed by atoms with Crippen molar-refractivity contribution in [2.45, 2.75) is 19.4 Å². The standard InChI is InChI=1S/C21H17NO5/c23-21(25-14-16-13-20(27-22-16)19-7-4-12-24-19)11-9-17-8-10-18(26-17)15-5-2-1-3-6-15/h1-8,10,12-13H,9,11,14H2. The van der Waals surface area contributed by atoms with Gasteiger partial charge in [0.2, 0.25) is 5.76 Å². The summed E-state index contributed by atoms with van der Waals surface area (Å²) in [7, 11) is 0. The Morgan fingerprint density at radius 1 is 0.963 bits per heavy atom. The molecule has 1 aromatic carbocycles. The highest BCUT2D eigenvalue weighted by Gasteiger charge is 2.12. The molecule has 0 bridgehead atoms. The van der Waals surface area contributed by atoms with Crippen molar-refractivity contribution >= 4 is 5.97 Å². The van der Waals surface area contributed by atoms with Gasteiger partial charge >= 0.3 is 5.97 Å². The van der Waals surface area contributed by atoms with Gasteiger partial charge in [0.25, 0.3) is 0 Å². The SMILES string of the molecule is O=C(CCc1ccc(-c2ccccc2)o1)OCc1cc(-c2ccco2)on1. The Morgan fingerprint density at radius 3 is 2.67 bits per heavy atom. The van der Waals surface area contributed by atoms with Gasteiger partial charge in [0.15, 0.2) is 5.76 Å². The predicted octanol–water partition coefficient (Wildman–Crippen LogP) is 4.87. The summed E-state index contributed by atoms with van der Waals surface area (Å²) in [6.07, 6.45) is 2.25. The van der Waals surface area contributed by atoms with E-state index in [-0.39, 0.29) is 19.0 Å². The molecular weight excluding hydrogens is 346 g/mol. The molecule has 0 unspecified atom stereocenters. The summed E-state index contributed by atoms with van der Waals surface area (Å²) in [6.45, 7) is 0.0520. The van der Waals surface area contributed by atoms with E-state index in [2.05, 4.69) is 5.16 Å². The predicted molar refractivity (Wildman–Crippen MR) is 96.5 cm³/mol. The minimum absolute atomic E-state index is 0.0520. The van der Waals surface area contributed by atoms with Crippen molar-refractivity contribution in [2.24, 2.45) is 0 Å². The molecule has 3 heterocycles. The van der Waals surface area contributed by atoms with Crippen LogP contribution < -0.4 is 0 Å². The fraction of sp³-hybridized carbons (Fsp3) is 0.143. The minimum atomic E-state index is -0.324. The minimum Gasteiger partial charge on any atom is -0.461 e. The van der Waals surface area contributed by atoms with Crippen LogP contribution in [0.5, 0.6) is 0 Å². The highest BCUT2D eigenvalue weighted by molar-refractivity contribution is 5.69. The normalized spacial score (nSPS) is 10.8.